The third-order valence-electron chi connectivity index (χ3n) is 8.55. The van der Waals surface area contributed by atoms with Gasteiger partial charge in [0.1, 0.15) is 0 Å². The van der Waals surface area contributed by atoms with Gasteiger partial charge in [-0.15, -0.1) is 0 Å². The molecule has 2 fully saturated rings. The maximum absolute atomic E-state index is 3.88. The van der Waals surface area contributed by atoms with Crippen LogP contribution in [0.3, 0.4) is 0 Å². The second kappa shape index (κ2) is 12.7. The Labute approximate surface area is 203 Å². The Kier molecular flexibility index (Phi) is 9.44. The maximum Gasteiger partial charge on any atom is 0.00930 e. The van der Waals surface area contributed by atoms with Crippen molar-refractivity contribution in [3.63, 3.8) is 0 Å². The number of hydrogen-bond acceptors (Lipinski definition) is 2. The number of hydrogen-bond donors (Lipinski definition) is 2. The minimum absolute atomic E-state index is 0.716. The topological polar surface area (TPSA) is 24.1 Å². The van der Waals surface area contributed by atoms with E-state index >= 15 is 0 Å². The smallest absolute Gasteiger partial charge is 0.00930 e. The van der Waals surface area contributed by atoms with E-state index in [1.165, 1.54) is 56.1 Å². The van der Waals surface area contributed by atoms with Crippen LogP contribution in [0, 0.1) is 23.7 Å². The number of benzene rings is 2. The fourth-order valence-electron chi connectivity index (χ4n) is 6.61. The summed E-state index contributed by atoms with van der Waals surface area (Å²) in [4.78, 5) is 0. The van der Waals surface area contributed by atoms with Crippen LogP contribution in [-0.4, -0.2) is 25.2 Å². The van der Waals surface area contributed by atoms with Gasteiger partial charge in [-0.2, -0.15) is 0 Å². The van der Waals surface area contributed by atoms with E-state index in [0.717, 1.165) is 49.6 Å². The quantitative estimate of drug-likeness (QED) is 0.427. The lowest BCUT2D eigenvalue weighted by Gasteiger charge is -2.39. The molecule has 0 bridgehead atoms. The van der Waals surface area contributed by atoms with Gasteiger partial charge < -0.3 is 10.6 Å². The third-order valence-corrected chi connectivity index (χ3v) is 8.55. The van der Waals surface area contributed by atoms with Gasteiger partial charge in [-0.1, -0.05) is 74.5 Å². The molecule has 2 aromatic rings. The van der Waals surface area contributed by atoms with Crippen LogP contribution in [0.1, 0.15) is 69.9 Å². The molecule has 180 valence electrons. The zero-order valence-corrected chi connectivity index (χ0v) is 21.0. The molecule has 0 spiro atoms. The highest BCUT2D eigenvalue weighted by molar-refractivity contribution is 5.15. The molecule has 0 saturated heterocycles. The van der Waals surface area contributed by atoms with Crippen LogP contribution in [0.5, 0.6) is 0 Å². The lowest BCUT2D eigenvalue weighted by Crippen LogP contribution is -2.42. The van der Waals surface area contributed by atoms with Gasteiger partial charge in [0.15, 0.2) is 0 Å². The minimum Gasteiger partial charge on any atom is -0.313 e. The fourth-order valence-corrected chi connectivity index (χ4v) is 6.61. The number of nitrogens with one attached hydrogen (secondary N) is 2. The van der Waals surface area contributed by atoms with Crippen molar-refractivity contribution in [1.29, 1.82) is 0 Å². The highest BCUT2D eigenvalue weighted by atomic mass is 14.9. The Morgan fingerprint density at radius 1 is 0.606 bits per heavy atom. The zero-order valence-electron chi connectivity index (χ0n) is 21.0. The lowest BCUT2D eigenvalue weighted by atomic mass is 9.70. The van der Waals surface area contributed by atoms with Gasteiger partial charge in [0.2, 0.25) is 0 Å². The Morgan fingerprint density at radius 2 is 1.03 bits per heavy atom. The lowest BCUT2D eigenvalue weighted by molar-refractivity contribution is 0.149. The molecule has 2 nitrogen and oxygen atoms in total. The van der Waals surface area contributed by atoms with Crippen LogP contribution in [0.2, 0.25) is 0 Å². The van der Waals surface area contributed by atoms with Crippen molar-refractivity contribution in [3.05, 3.63) is 71.8 Å². The van der Waals surface area contributed by atoms with Crippen LogP contribution >= 0.6 is 0 Å². The van der Waals surface area contributed by atoms with E-state index in [2.05, 4.69) is 85.1 Å². The van der Waals surface area contributed by atoms with Crippen molar-refractivity contribution >= 4 is 0 Å². The SMILES string of the molecule is CC1CC(CC2CCC(NCCc3ccccc3)C(C)C2)CCC1NCCc1ccccc1. The van der Waals surface area contributed by atoms with E-state index in [9.17, 15) is 0 Å². The first kappa shape index (κ1) is 24.5. The van der Waals surface area contributed by atoms with E-state index in [4.69, 9.17) is 0 Å². The summed E-state index contributed by atoms with van der Waals surface area (Å²) in [6, 6.07) is 23.2. The zero-order chi connectivity index (χ0) is 22.9. The Bertz CT molecular complexity index is 722. The minimum atomic E-state index is 0.716. The summed E-state index contributed by atoms with van der Waals surface area (Å²) < 4.78 is 0. The highest BCUT2D eigenvalue weighted by Gasteiger charge is 2.32. The Hall–Kier alpha value is -1.64. The standard InChI is InChI=1S/C31H46N2/c1-24-21-28(13-15-30(24)32-19-17-26-9-5-3-6-10-26)23-29-14-16-31(25(2)22-29)33-20-18-27-11-7-4-8-12-27/h3-12,24-25,28-33H,13-23H2,1-2H3. The van der Waals surface area contributed by atoms with Gasteiger partial charge in [0.25, 0.3) is 0 Å². The van der Waals surface area contributed by atoms with Crippen molar-refractivity contribution < 1.29 is 0 Å². The van der Waals surface area contributed by atoms with Gasteiger partial charge in [-0.05, 0) is 106 Å². The molecular weight excluding hydrogens is 400 g/mol. The first-order valence-corrected chi connectivity index (χ1v) is 13.7. The normalized spacial score (nSPS) is 30.2. The molecule has 0 radical (unpaired) electrons. The predicted octanol–water partition coefficient (Wildman–Crippen LogP) is 6.65. The molecule has 0 aliphatic heterocycles. The summed E-state index contributed by atoms with van der Waals surface area (Å²) >= 11 is 0. The van der Waals surface area contributed by atoms with Gasteiger partial charge in [0, 0.05) is 12.1 Å². The van der Waals surface area contributed by atoms with Crippen molar-refractivity contribution in [3.8, 4) is 0 Å². The first-order valence-electron chi connectivity index (χ1n) is 13.7. The van der Waals surface area contributed by atoms with Crippen molar-refractivity contribution in [1.82, 2.24) is 10.6 Å². The third kappa shape index (κ3) is 7.69. The summed E-state index contributed by atoms with van der Waals surface area (Å²) in [6.45, 7) is 7.20. The molecule has 4 rings (SSSR count). The average molecular weight is 447 g/mol. The molecule has 2 aromatic carbocycles. The number of rotatable bonds is 10. The van der Waals surface area contributed by atoms with E-state index in [1.807, 2.05) is 0 Å². The van der Waals surface area contributed by atoms with Crippen molar-refractivity contribution in [2.75, 3.05) is 13.1 Å². The van der Waals surface area contributed by atoms with E-state index < -0.39 is 0 Å². The van der Waals surface area contributed by atoms with Crippen LogP contribution in [-0.2, 0) is 12.8 Å². The maximum atomic E-state index is 3.88. The van der Waals surface area contributed by atoms with E-state index in [-0.39, 0.29) is 0 Å². The molecule has 0 amide bonds. The summed E-state index contributed by atoms with van der Waals surface area (Å²) in [5.41, 5.74) is 2.90. The Balaban J connectivity index is 1.12. The van der Waals surface area contributed by atoms with Crippen LogP contribution in [0.4, 0.5) is 0 Å². The van der Waals surface area contributed by atoms with Crippen molar-refractivity contribution in [2.24, 2.45) is 23.7 Å². The first-order chi connectivity index (χ1) is 16.2. The summed E-state index contributed by atoms with van der Waals surface area (Å²) in [6.07, 6.45) is 12.2. The largest absolute Gasteiger partial charge is 0.313 e. The molecule has 6 unspecified atom stereocenters. The van der Waals surface area contributed by atoms with Crippen molar-refractivity contribution in [2.45, 2.75) is 83.7 Å². The van der Waals surface area contributed by atoms with Gasteiger partial charge in [-0.25, -0.2) is 0 Å². The van der Waals surface area contributed by atoms with Crippen LogP contribution in [0.15, 0.2) is 60.7 Å². The van der Waals surface area contributed by atoms with Gasteiger partial charge >= 0.3 is 0 Å². The van der Waals surface area contributed by atoms with Gasteiger partial charge in [0.05, 0.1) is 0 Å². The molecule has 2 saturated carbocycles. The van der Waals surface area contributed by atoms with Gasteiger partial charge in [-0.3, -0.25) is 0 Å². The summed E-state index contributed by atoms with van der Waals surface area (Å²) in [5.74, 6) is 3.53. The summed E-state index contributed by atoms with van der Waals surface area (Å²) in [7, 11) is 0. The molecule has 2 aliphatic carbocycles. The monoisotopic (exact) mass is 446 g/mol. The average Bonchev–Trinajstić information content (AvgIpc) is 2.83. The molecule has 6 atom stereocenters. The summed E-state index contributed by atoms with van der Waals surface area (Å²) in [5, 5.41) is 7.76. The molecule has 2 aliphatic rings. The highest BCUT2D eigenvalue weighted by Crippen LogP contribution is 2.39. The molecule has 2 N–H and O–H groups in total. The molecule has 0 aromatic heterocycles. The molecular formula is C31H46N2. The van der Waals surface area contributed by atoms with Crippen LogP contribution < -0.4 is 10.6 Å². The van der Waals surface area contributed by atoms with Crippen LogP contribution in [0.25, 0.3) is 0 Å². The fraction of sp³-hybridized carbons (Fsp3) is 0.613. The second-order valence-corrected chi connectivity index (χ2v) is 11.1. The van der Waals surface area contributed by atoms with E-state index in [1.54, 1.807) is 0 Å². The predicted molar refractivity (Wildman–Crippen MR) is 142 cm³/mol. The Morgan fingerprint density at radius 3 is 1.42 bits per heavy atom. The second-order valence-electron chi connectivity index (χ2n) is 11.1. The molecule has 0 heterocycles. The molecule has 2 heteroatoms. The van der Waals surface area contributed by atoms with E-state index in [0.29, 0.717) is 12.1 Å². The molecule has 33 heavy (non-hydrogen) atoms.